The number of aromatic nitrogens is 4. The average Bonchev–Trinajstić information content (AvgIpc) is 3.38. The van der Waals surface area contributed by atoms with Crippen LogP contribution >= 0.6 is 0 Å². The van der Waals surface area contributed by atoms with E-state index >= 15 is 0 Å². The van der Waals surface area contributed by atoms with Crippen LogP contribution in [-0.4, -0.2) is 63.1 Å². The van der Waals surface area contributed by atoms with Crippen LogP contribution < -0.4 is 10.6 Å². The van der Waals surface area contributed by atoms with Crippen molar-refractivity contribution >= 4 is 11.8 Å². The van der Waals surface area contributed by atoms with E-state index in [4.69, 9.17) is 0 Å². The van der Waals surface area contributed by atoms with Gasteiger partial charge in [0.2, 0.25) is 17.6 Å². The zero-order valence-corrected chi connectivity index (χ0v) is 21.0. The van der Waals surface area contributed by atoms with Gasteiger partial charge in [-0.05, 0) is 67.3 Å². The number of nitrogens with zero attached hydrogens (tertiary/aromatic N) is 5. The molecular weight excluding hydrogens is 473 g/mol. The fourth-order valence-electron chi connectivity index (χ4n) is 4.40. The van der Waals surface area contributed by atoms with E-state index in [1.54, 1.807) is 12.1 Å². The number of hydrogen-bond donors (Lipinski definition) is 2. The lowest BCUT2D eigenvalue weighted by Gasteiger charge is -2.23. The van der Waals surface area contributed by atoms with Crippen LogP contribution in [0.1, 0.15) is 50.1 Å². The molecule has 1 unspecified atom stereocenters. The van der Waals surface area contributed by atoms with Crippen LogP contribution in [0.5, 0.6) is 0 Å². The van der Waals surface area contributed by atoms with Gasteiger partial charge >= 0.3 is 0 Å². The molecule has 2 amide bonds. The normalized spacial score (nSPS) is 17.8. The highest BCUT2D eigenvalue weighted by molar-refractivity contribution is 5.77. The molecule has 1 aliphatic rings. The molecule has 37 heavy (non-hydrogen) atoms. The van der Waals surface area contributed by atoms with Gasteiger partial charge in [0.05, 0.1) is 6.54 Å². The second kappa shape index (κ2) is 13.6. The fourth-order valence-corrected chi connectivity index (χ4v) is 4.40. The minimum Gasteiger partial charge on any atom is -0.356 e. The second-order valence-electron chi connectivity index (χ2n) is 9.23. The minimum atomic E-state index is -0.318. The summed E-state index contributed by atoms with van der Waals surface area (Å²) in [5, 5.41) is 18.9. The van der Waals surface area contributed by atoms with Crippen molar-refractivity contribution in [2.75, 3.05) is 26.2 Å². The summed E-state index contributed by atoms with van der Waals surface area (Å²) in [7, 11) is 0. The summed E-state index contributed by atoms with van der Waals surface area (Å²) < 4.78 is 13.1. The molecule has 0 bridgehead atoms. The predicted molar refractivity (Wildman–Crippen MR) is 138 cm³/mol. The van der Waals surface area contributed by atoms with Gasteiger partial charge in [-0.25, -0.2) is 4.39 Å². The lowest BCUT2D eigenvalue weighted by Crippen LogP contribution is -2.35. The van der Waals surface area contributed by atoms with Gasteiger partial charge in [0.1, 0.15) is 5.82 Å². The van der Waals surface area contributed by atoms with Gasteiger partial charge in [-0.1, -0.05) is 30.3 Å². The Bertz CT molecular complexity index is 1140. The van der Waals surface area contributed by atoms with Crippen molar-refractivity contribution < 1.29 is 14.0 Å². The Hall–Kier alpha value is -3.66. The van der Waals surface area contributed by atoms with Crippen molar-refractivity contribution in [3.63, 3.8) is 0 Å². The smallest absolute Gasteiger partial charge is 0.222 e. The molecule has 1 aromatic heterocycles. The van der Waals surface area contributed by atoms with E-state index in [2.05, 4.69) is 26.0 Å². The maximum atomic E-state index is 13.1. The zero-order chi connectivity index (χ0) is 25.9. The van der Waals surface area contributed by atoms with E-state index in [1.807, 2.05) is 35.2 Å². The number of tetrazole rings is 1. The predicted octanol–water partition coefficient (Wildman–Crippen LogP) is 3.11. The van der Waals surface area contributed by atoms with Crippen LogP contribution in [0.4, 0.5) is 4.39 Å². The first-order valence-electron chi connectivity index (χ1n) is 12.9. The number of carbonyl (C=O) groups is 2. The Balaban J connectivity index is 1.25. The van der Waals surface area contributed by atoms with Crippen LogP contribution in [0.15, 0.2) is 54.6 Å². The van der Waals surface area contributed by atoms with Gasteiger partial charge in [0.15, 0.2) is 0 Å². The van der Waals surface area contributed by atoms with Gasteiger partial charge < -0.3 is 15.5 Å². The number of carbonyl (C=O) groups excluding carboxylic acids is 2. The Morgan fingerprint density at radius 1 is 1.00 bits per heavy atom. The van der Waals surface area contributed by atoms with Crippen LogP contribution in [-0.2, 0) is 16.1 Å². The Labute approximate surface area is 216 Å². The van der Waals surface area contributed by atoms with E-state index in [1.165, 1.54) is 16.9 Å². The summed E-state index contributed by atoms with van der Waals surface area (Å²) in [5.74, 6) is 0.214. The quantitative estimate of drug-likeness (QED) is 0.531. The molecule has 10 heteroatoms. The monoisotopic (exact) mass is 507 g/mol. The van der Waals surface area contributed by atoms with Gasteiger partial charge in [-0.3, -0.25) is 9.59 Å². The van der Waals surface area contributed by atoms with Gasteiger partial charge in [0.25, 0.3) is 0 Å². The lowest BCUT2D eigenvalue weighted by atomic mass is 10.0. The van der Waals surface area contributed by atoms with Crippen molar-refractivity contribution in [1.29, 1.82) is 0 Å². The molecule has 1 atom stereocenters. The molecule has 2 heterocycles. The van der Waals surface area contributed by atoms with Gasteiger partial charge in [-0.2, -0.15) is 4.80 Å². The van der Waals surface area contributed by atoms with Crippen molar-refractivity contribution in [3.8, 4) is 11.4 Å². The number of rotatable bonds is 6. The van der Waals surface area contributed by atoms with Crippen LogP contribution in [0.2, 0.25) is 0 Å². The van der Waals surface area contributed by atoms with Crippen LogP contribution in [0.3, 0.4) is 0 Å². The minimum absolute atomic E-state index is 0.0128. The molecule has 1 saturated heterocycles. The second-order valence-corrected chi connectivity index (χ2v) is 9.23. The first-order chi connectivity index (χ1) is 18.1. The highest BCUT2D eigenvalue weighted by atomic mass is 19.1. The summed E-state index contributed by atoms with van der Waals surface area (Å²) in [6.45, 7) is 3.10. The maximum absolute atomic E-state index is 13.1. The summed E-state index contributed by atoms with van der Waals surface area (Å²) in [6.07, 6.45) is 3.90. The largest absolute Gasteiger partial charge is 0.356 e. The van der Waals surface area contributed by atoms with E-state index in [0.29, 0.717) is 63.3 Å². The number of hydrogen-bond acceptors (Lipinski definition) is 6. The van der Waals surface area contributed by atoms with Crippen molar-refractivity contribution in [3.05, 3.63) is 66.0 Å². The highest BCUT2D eigenvalue weighted by Gasteiger charge is 2.18. The molecule has 0 aliphatic carbocycles. The number of halogens is 1. The number of amides is 2. The molecule has 9 nitrogen and oxygen atoms in total. The molecule has 2 aromatic carbocycles. The first-order valence-corrected chi connectivity index (χ1v) is 12.9. The molecular formula is C27H34FN7O2. The average molecular weight is 508 g/mol. The highest BCUT2D eigenvalue weighted by Crippen LogP contribution is 2.17. The lowest BCUT2D eigenvalue weighted by molar-refractivity contribution is -0.131. The van der Waals surface area contributed by atoms with Gasteiger partial charge in [0, 0.05) is 44.1 Å². The first kappa shape index (κ1) is 26.4. The van der Waals surface area contributed by atoms with Crippen molar-refractivity contribution in [1.82, 2.24) is 35.7 Å². The molecule has 3 aromatic rings. The summed E-state index contributed by atoms with van der Waals surface area (Å²) in [4.78, 5) is 28.8. The van der Waals surface area contributed by atoms with Crippen molar-refractivity contribution in [2.24, 2.45) is 0 Å². The van der Waals surface area contributed by atoms with E-state index < -0.39 is 0 Å². The molecule has 1 aliphatic heterocycles. The van der Waals surface area contributed by atoms with E-state index in [-0.39, 0.29) is 23.7 Å². The maximum Gasteiger partial charge on any atom is 0.222 e. The third kappa shape index (κ3) is 8.18. The molecule has 0 saturated carbocycles. The Kier molecular flexibility index (Phi) is 9.70. The van der Waals surface area contributed by atoms with E-state index in [0.717, 1.165) is 24.9 Å². The van der Waals surface area contributed by atoms with Crippen LogP contribution in [0.25, 0.3) is 11.4 Å². The van der Waals surface area contributed by atoms with Crippen LogP contribution in [0, 0.1) is 5.82 Å². The summed E-state index contributed by atoms with van der Waals surface area (Å²) >= 11 is 0. The third-order valence-corrected chi connectivity index (χ3v) is 6.42. The standard InChI is InChI=1S/C27H34FN7O2/c28-23-13-11-22(12-14-23)27-31-33-35(32-27)19-6-10-26(37)34-17-5-4-15-29-24(21-8-2-1-3-9-21)20-25(36)30-16-7-18-34/h1-3,8-9,11-14,24,29H,4-7,10,15-20H2,(H,30,36). The summed E-state index contributed by atoms with van der Waals surface area (Å²) in [5.41, 5.74) is 1.80. The molecule has 2 N–H and O–H groups in total. The third-order valence-electron chi connectivity index (χ3n) is 6.42. The Morgan fingerprint density at radius 3 is 2.59 bits per heavy atom. The Morgan fingerprint density at radius 2 is 1.78 bits per heavy atom. The van der Waals surface area contributed by atoms with Crippen molar-refractivity contribution in [2.45, 2.75) is 51.1 Å². The number of nitrogens with one attached hydrogen (secondary N) is 2. The molecule has 4 rings (SSSR count). The SMILES string of the molecule is O=C1CC(c2ccccc2)NCCCCN(C(=O)CCCn2nnc(-c3ccc(F)cc3)n2)CCCN1. The number of aryl methyl sites for hydroxylation is 1. The van der Waals surface area contributed by atoms with Gasteiger partial charge in [-0.15, -0.1) is 10.2 Å². The topological polar surface area (TPSA) is 105 Å². The number of benzene rings is 2. The zero-order valence-electron chi connectivity index (χ0n) is 21.0. The molecule has 196 valence electrons. The van der Waals surface area contributed by atoms with E-state index in [9.17, 15) is 14.0 Å². The molecule has 0 radical (unpaired) electrons. The summed E-state index contributed by atoms with van der Waals surface area (Å²) in [6, 6.07) is 16.0. The fraction of sp³-hybridized carbons (Fsp3) is 0.444. The molecule has 1 fully saturated rings. The molecule has 0 spiro atoms.